The number of nitrogens with one attached hydrogen (secondary N) is 1. The lowest BCUT2D eigenvalue weighted by atomic mass is 9.35. The van der Waals surface area contributed by atoms with Crippen LogP contribution in [0.3, 0.4) is 0 Å². The number of halogens is 1. The van der Waals surface area contributed by atoms with Crippen LogP contribution in [0.25, 0.3) is 0 Å². The third-order valence-corrected chi connectivity index (χ3v) is 12.4. The Hall–Kier alpha value is -0.880. The van der Waals surface area contributed by atoms with E-state index in [2.05, 4.69) is 73.2 Å². The van der Waals surface area contributed by atoms with Gasteiger partial charge in [0.15, 0.2) is 5.76 Å². The quantitative estimate of drug-likeness (QED) is 0.268. The number of ketones is 1. The third-order valence-electron chi connectivity index (χ3n) is 11.1. The number of allylic oxidation sites excluding steroid dienone is 7. The summed E-state index contributed by atoms with van der Waals surface area (Å²) in [5.74, 6) is 0.356. The van der Waals surface area contributed by atoms with Crippen molar-refractivity contribution in [2.45, 2.75) is 92.0 Å². The van der Waals surface area contributed by atoms with Crippen molar-refractivity contribution in [1.82, 2.24) is 3.53 Å². The van der Waals surface area contributed by atoms with E-state index in [1.807, 2.05) is 6.92 Å². The third kappa shape index (κ3) is 2.71. The number of hydrogen-bond donors (Lipinski definition) is 2. The van der Waals surface area contributed by atoms with Crippen LogP contribution in [-0.4, -0.2) is 16.4 Å². The molecule has 3 saturated carbocycles. The molecule has 0 radical (unpaired) electrons. The second-order valence-electron chi connectivity index (χ2n) is 12.7. The monoisotopic (exact) mass is 547 g/mol. The van der Waals surface area contributed by atoms with E-state index in [1.54, 1.807) is 6.08 Å². The van der Waals surface area contributed by atoms with Crippen LogP contribution in [0.5, 0.6) is 0 Å². The molecule has 0 aromatic heterocycles. The summed E-state index contributed by atoms with van der Waals surface area (Å²) >= 11 is 2.37. The molecule has 0 heterocycles. The molecule has 0 aliphatic heterocycles. The van der Waals surface area contributed by atoms with Crippen molar-refractivity contribution in [3.05, 3.63) is 46.3 Å². The molecule has 0 spiro atoms. The van der Waals surface area contributed by atoms with Gasteiger partial charge in [0.25, 0.3) is 0 Å². The highest BCUT2D eigenvalue weighted by Gasteiger charge is 2.66. The van der Waals surface area contributed by atoms with E-state index < -0.39 is 0 Å². The zero-order valence-corrected chi connectivity index (χ0v) is 22.7. The highest BCUT2D eigenvalue weighted by atomic mass is 127. The maximum absolute atomic E-state index is 12.6. The average molecular weight is 548 g/mol. The highest BCUT2D eigenvalue weighted by Crippen LogP contribution is 2.75. The van der Waals surface area contributed by atoms with Crippen molar-refractivity contribution in [2.75, 3.05) is 0 Å². The Kier molecular flexibility index (Phi) is 4.89. The molecule has 5 rings (SSSR count). The molecule has 3 fully saturated rings. The first-order chi connectivity index (χ1) is 14.8. The van der Waals surface area contributed by atoms with Crippen LogP contribution in [0.1, 0.15) is 86.5 Å². The van der Waals surface area contributed by atoms with E-state index in [1.165, 1.54) is 44.1 Å². The van der Waals surface area contributed by atoms with Gasteiger partial charge in [0.2, 0.25) is 5.78 Å². The first kappa shape index (κ1) is 22.9. The molecule has 6 atom stereocenters. The van der Waals surface area contributed by atoms with Gasteiger partial charge in [0, 0.05) is 39.4 Å². The van der Waals surface area contributed by atoms with Gasteiger partial charge in [-0.3, -0.25) is 8.32 Å². The molecule has 32 heavy (non-hydrogen) atoms. The van der Waals surface area contributed by atoms with Crippen molar-refractivity contribution < 1.29 is 9.90 Å². The van der Waals surface area contributed by atoms with Gasteiger partial charge in [0.1, 0.15) is 0 Å². The minimum absolute atomic E-state index is 0.0893. The summed E-state index contributed by atoms with van der Waals surface area (Å²) in [6, 6.07) is 0. The van der Waals surface area contributed by atoms with Gasteiger partial charge in [-0.05, 0) is 98.2 Å². The first-order valence-corrected chi connectivity index (χ1v) is 13.4. The summed E-state index contributed by atoms with van der Waals surface area (Å²) in [5, 5.41) is 10.3. The zero-order chi connectivity index (χ0) is 23.3. The molecule has 0 amide bonds. The lowest BCUT2D eigenvalue weighted by molar-refractivity contribution is -0.151. The standard InChI is InChI=1S/C28H38INO2/c1-17-18-7-8-21-26(4,19(18)15-20(31)23(17)32)12-14-28(6)22-16-25(3,30-29)11-9-24(22,2)10-13-27(21,28)5/h7-8,15,22,30,32H,9-14,16H2,1-6H3. The molecule has 0 saturated heterocycles. The highest BCUT2D eigenvalue weighted by molar-refractivity contribution is 14.1. The van der Waals surface area contributed by atoms with E-state index in [0.29, 0.717) is 11.3 Å². The number of rotatable bonds is 1. The number of aliphatic hydroxyl groups excluding tert-OH is 1. The Bertz CT molecular complexity index is 1040. The second-order valence-corrected chi connectivity index (χ2v) is 13.2. The summed E-state index contributed by atoms with van der Waals surface area (Å²) in [7, 11) is 0. The van der Waals surface area contributed by atoms with E-state index in [4.69, 9.17) is 0 Å². The molecule has 5 aliphatic rings. The zero-order valence-electron chi connectivity index (χ0n) is 20.5. The minimum Gasteiger partial charge on any atom is -0.504 e. The molecule has 0 aromatic rings. The Balaban J connectivity index is 1.64. The van der Waals surface area contributed by atoms with Crippen LogP contribution < -0.4 is 3.53 Å². The molecule has 174 valence electrons. The van der Waals surface area contributed by atoms with Crippen LogP contribution in [0.15, 0.2) is 46.3 Å². The van der Waals surface area contributed by atoms with Crippen molar-refractivity contribution in [3.63, 3.8) is 0 Å². The number of hydrogen-bond acceptors (Lipinski definition) is 3. The summed E-state index contributed by atoms with van der Waals surface area (Å²) in [6.07, 6.45) is 14.8. The fraction of sp³-hybridized carbons (Fsp3) is 0.679. The van der Waals surface area contributed by atoms with Gasteiger partial charge in [-0.2, -0.15) is 0 Å². The van der Waals surface area contributed by atoms with Crippen molar-refractivity contribution in [1.29, 1.82) is 0 Å². The van der Waals surface area contributed by atoms with Crippen molar-refractivity contribution in [2.24, 2.45) is 27.6 Å². The van der Waals surface area contributed by atoms with Gasteiger partial charge < -0.3 is 5.11 Å². The predicted molar refractivity (Wildman–Crippen MR) is 138 cm³/mol. The Morgan fingerprint density at radius 2 is 1.69 bits per heavy atom. The molecule has 0 aromatic carbocycles. The summed E-state index contributed by atoms with van der Waals surface area (Å²) in [4.78, 5) is 12.6. The summed E-state index contributed by atoms with van der Waals surface area (Å²) in [6.45, 7) is 14.3. The molecular weight excluding hydrogens is 509 g/mol. The summed E-state index contributed by atoms with van der Waals surface area (Å²) in [5.41, 5.74) is 5.27. The fourth-order valence-corrected chi connectivity index (χ4v) is 9.03. The molecule has 0 bridgehead atoms. The SMILES string of the molecule is CC1=C(O)C(=O)C=C2C1=CC=C1C2(C)CCC2(C)C3CC(C)(NI)CCC3(C)CCC12C. The van der Waals surface area contributed by atoms with Gasteiger partial charge in [0.05, 0.1) is 0 Å². The second kappa shape index (κ2) is 6.84. The van der Waals surface area contributed by atoms with Gasteiger partial charge in [-0.25, -0.2) is 0 Å². The number of carbonyl (C=O) groups excluding carboxylic acids is 1. The van der Waals surface area contributed by atoms with E-state index in [-0.39, 0.29) is 33.3 Å². The van der Waals surface area contributed by atoms with Crippen LogP contribution in [-0.2, 0) is 4.79 Å². The van der Waals surface area contributed by atoms with Crippen molar-refractivity contribution in [3.8, 4) is 0 Å². The smallest absolute Gasteiger partial charge is 0.220 e. The fourth-order valence-electron chi connectivity index (χ4n) is 8.54. The molecule has 3 nitrogen and oxygen atoms in total. The van der Waals surface area contributed by atoms with Gasteiger partial charge >= 0.3 is 0 Å². The molecule has 2 N–H and O–H groups in total. The van der Waals surface area contributed by atoms with E-state index in [0.717, 1.165) is 23.1 Å². The molecular formula is C28H38INO2. The summed E-state index contributed by atoms with van der Waals surface area (Å²) < 4.78 is 3.64. The predicted octanol–water partition coefficient (Wildman–Crippen LogP) is 7.31. The first-order valence-electron chi connectivity index (χ1n) is 12.3. The Labute approximate surface area is 207 Å². The number of fused-ring (bicyclic) bond motifs is 7. The lowest BCUT2D eigenvalue weighted by Crippen LogP contribution is -2.63. The van der Waals surface area contributed by atoms with Crippen LogP contribution >= 0.6 is 22.9 Å². The topological polar surface area (TPSA) is 49.3 Å². The maximum Gasteiger partial charge on any atom is 0.220 e. The normalized spacial score (nSPS) is 48.0. The van der Waals surface area contributed by atoms with E-state index >= 15 is 0 Å². The number of carbonyl (C=O) groups is 1. The van der Waals surface area contributed by atoms with Crippen molar-refractivity contribution >= 4 is 28.6 Å². The van der Waals surface area contributed by atoms with Crippen LogP contribution in [0.2, 0.25) is 0 Å². The Morgan fingerprint density at radius 1 is 1.00 bits per heavy atom. The largest absolute Gasteiger partial charge is 0.504 e. The molecule has 4 heteroatoms. The average Bonchev–Trinajstić information content (AvgIpc) is 2.76. The van der Waals surface area contributed by atoms with Gasteiger partial charge in [-0.1, -0.05) is 45.4 Å². The minimum atomic E-state index is -0.233. The maximum atomic E-state index is 12.6. The van der Waals surface area contributed by atoms with Gasteiger partial charge in [-0.15, -0.1) is 0 Å². The van der Waals surface area contributed by atoms with E-state index in [9.17, 15) is 9.90 Å². The molecule has 6 unspecified atom stereocenters. The molecule has 5 aliphatic carbocycles. The number of aliphatic hydroxyl groups is 1. The Morgan fingerprint density at radius 3 is 2.38 bits per heavy atom. The lowest BCUT2D eigenvalue weighted by Gasteiger charge is -2.70. The van der Waals surface area contributed by atoms with Crippen LogP contribution in [0, 0.1) is 27.6 Å². The van der Waals surface area contributed by atoms with Crippen LogP contribution in [0.4, 0.5) is 0 Å².